The van der Waals surface area contributed by atoms with Gasteiger partial charge in [0.05, 0.1) is 0 Å². The van der Waals surface area contributed by atoms with Crippen molar-refractivity contribution < 1.29 is 10.0 Å². The molecule has 0 atom stereocenters. The fourth-order valence-electron chi connectivity index (χ4n) is 1.01. The zero-order valence-electron chi connectivity index (χ0n) is 6.79. The van der Waals surface area contributed by atoms with Crippen LogP contribution in [0.15, 0.2) is 18.2 Å². The minimum Gasteiger partial charge on any atom is -0.423 e. The molecule has 4 heteroatoms. The van der Waals surface area contributed by atoms with E-state index in [4.69, 9.17) is 21.6 Å². The van der Waals surface area contributed by atoms with E-state index in [1.807, 2.05) is 6.92 Å². The molecule has 2 nitrogen and oxygen atoms in total. The van der Waals surface area contributed by atoms with Gasteiger partial charge < -0.3 is 10.0 Å². The van der Waals surface area contributed by atoms with Gasteiger partial charge in [-0.05, 0) is 23.5 Å². The van der Waals surface area contributed by atoms with Crippen molar-refractivity contribution >= 4 is 24.2 Å². The van der Waals surface area contributed by atoms with Crippen LogP contribution in [-0.4, -0.2) is 17.2 Å². The summed E-state index contributed by atoms with van der Waals surface area (Å²) < 4.78 is 0. The van der Waals surface area contributed by atoms with E-state index in [0.29, 0.717) is 10.5 Å². The zero-order valence-corrected chi connectivity index (χ0v) is 7.54. The second kappa shape index (κ2) is 3.94. The molecule has 0 aliphatic rings. The van der Waals surface area contributed by atoms with Gasteiger partial charge in [0.2, 0.25) is 0 Å². The van der Waals surface area contributed by atoms with Gasteiger partial charge in [0, 0.05) is 5.02 Å². The van der Waals surface area contributed by atoms with Crippen molar-refractivity contribution in [3.8, 4) is 0 Å². The molecule has 0 saturated carbocycles. The summed E-state index contributed by atoms with van der Waals surface area (Å²) in [6, 6.07) is 5.04. The number of halogens is 1. The summed E-state index contributed by atoms with van der Waals surface area (Å²) in [5, 5.41) is 18.2. The van der Waals surface area contributed by atoms with E-state index in [0.717, 1.165) is 12.0 Å². The maximum Gasteiger partial charge on any atom is 0.488 e. The fourth-order valence-corrected chi connectivity index (χ4v) is 1.33. The molecular weight excluding hydrogens is 174 g/mol. The summed E-state index contributed by atoms with van der Waals surface area (Å²) >= 11 is 5.85. The first-order chi connectivity index (χ1) is 5.65. The molecule has 0 unspecified atom stereocenters. The van der Waals surface area contributed by atoms with Gasteiger partial charge >= 0.3 is 7.12 Å². The van der Waals surface area contributed by atoms with Crippen LogP contribution in [0.3, 0.4) is 0 Å². The predicted molar refractivity (Wildman–Crippen MR) is 50.7 cm³/mol. The van der Waals surface area contributed by atoms with Gasteiger partial charge in [-0.2, -0.15) is 0 Å². The quantitative estimate of drug-likeness (QED) is 0.660. The Morgan fingerprint density at radius 3 is 2.50 bits per heavy atom. The highest BCUT2D eigenvalue weighted by molar-refractivity contribution is 6.59. The molecule has 2 N–H and O–H groups in total. The van der Waals surface area contributed by atoms with Gasteiger partial charge in [-0.1, -0.05) is 30.7 Å². The van der Waals surface area contributed by atoms with Crippen LogP contribution < -0.4 is 5.46 Å². The third kappa shape index (κ3) is 2.00. The van der Waals surface area contributed by atoms with Crippen LogP contribution in [-0.2, 0) is 6.42 Å². The smallest absolute Gasteiger partial charge is 0.423 e. The van der Waals surface area contributed by atoms with Crippen LogP contribution in [0.4, 0.5) is 0 Å². The number of benzene rings is 1. The molecule has 0 aromatic heterocycles. The predicted octanol–water partition coefficient (Wildman–Crippen LogP) is 0.582. The normalized spacial score (nSPS) is 10.0. The molecule has 1 aromatic carbocycles. The summed E-state index contributed by atoms with van der Waals surface area (Å²) in [6.45, 7) is 2.00. The maximum absolute atomic E-state index is 8.81. The Bertz CT molecular complexity index is 276. The van der Waals surface area contributed by atoms with Crippen molar-refractivity contribution in [3.05, 3.63) is 28.8 Å². The van der Waals surface area contributed by atoms with Crippen molar-refractivity contribution in [2.45, 2.75) is 13.3 Å². The Balaban J connectivity index is 3.02. The van der Waals surface area contributed by atoms with Crippen LogP contribution in [0.25, 0.3) is 0 Å². The third-order valence-corrected chi connectivity index (χ3v) is 2.11. The molecule has 1 aromatic rings. The molecule has 0 saturated heterocycles. The van der Waals surface area contributed by atoms with Crippen molar-refractivity contribution in [1.82, 2.24) is 0 Å². The number of aryl methyl sites for hydroxylation is 1. The summed E-state index contributed by atoms with van der Waals surface area (Å²) in [6.07, 6.45) is 0.848. The highest BCUT2D eigenvalue weighted by Crippen LogP contribution is 2.13. The van der Waals surface area contributed by atoms with E-state index in [2.05, 4.69) is 0 Å². The molecule has 0 radical (unpaired) electrons. The minimum absolute atomic E-state index is 0.428. The second-order valence-corrected chi connectivity index (χ2v) is 2.99. The van der Waals surface area contributed by atoms with Gasteiger partial charge in [0.25, 0.3) is 0 Å². The highest BCUT2D eigenvalue weighted by atomic mass is 35.5. The van der Waals surface area contributed by atoms with Crippen molar-refractivity contribution in [2.75, 3.05) is 0 Å². The second-order valence-electron chi connectivity index (χ2n) is 2.58. The number of rotatable bonds is 2. The molecule has 1 rings (SSSR count). The van der Waals surface area contributed by atoms with Crippen molar-refractivity contribution in [3.63, 3.8) is 0 Å². The summed E-state index contributed by atoms with van der Waals surface area (Å²) in [7, 11) is -1.44. The SMILES string of the molecule is CCc1ccc(B(O)O)cc1Cl. The molecule has 0 heterocycles. The molecule has 0 fully saturated rings. The Hall–Kier alpha value is -0.505. The van der Waals surface area contributed by atoms with Gasteiger partial charge in [-0.15, -0.1) is 0 Å². The van der Waals surface area contributed by atoms with E-state index >= 15 is 0 Å². The molecular formula is C8H10BClO2. The fraction of sp³-hybridized carbons (Fsp3) is 0.250. The highest BCUT2D eigenvalue weighted by Gasteiger charge is 2.11. The van der Waals surface area contributed by atoms with Gasteiger partial charge in [0.1, 0.15) is 0 Å². The Morgan fingerprint density at radius 1 is 1.42 bits per heavy atom. The first kappa shape index (κ1) is 9.58. The Labute approximate surface area is 76.9 Å². The van der Waals surface area contributed by atoms with Crippen molar-refractivity contribution in [2.24, 2.45) is 0 Å². The number of hydrogen-bond acceptors (Lipinski definition) is 2. The zero-order chi connectivity index (χ0) is 9.14. The van der Waals surface area contributed by atoms with E-state index in [9.17, 15) is 0 Å². The molecule has 12 heavy (non-hydrogen) atoms. The van der Waals surface area contributed by atoms with Crippen LogP contribution in [0.1, 0.15) is 12.5 Å². The first-order valence-electron chi connectivity index (χ1n) is 3.79. The summed E-state index contributed by atoms with van der Waals surface area (Å²) in [5.74, 6) is 0. The van der Waals surface area contributed by atoms with Gasteiger partial charge in [0.15, 0.2) is 0 Å². The Kier molecular flexibility index (Phi) is 3.15. The molecule has 0 bridgehead atoms. The van der Waals surface area contributed by atoms with Crippen LogP contribution in [0.5, 0.6) is 0 Å². The van der Waals surface area contributed by atoms with E-state index in [-0.39, 0.29) is 0 Å². The monoisotopic (exact) mass is 184 g/mol. The molecule has 0 aliphatic heterocycles. The molecule has 0 amide bonds. The standard InChI is InChI=1S/C8H10BClO2/c1-2-6-3-4-7(9(11)12)5-8(6)10/h3-5,11-12H,2H2,1H3. The van der Waals surface area contributed by atoms with E-state index in [1.54, 1.807) is 18.2 Å². The average molecular weight is 184 g/mol. The lowest BCUT2D eigenvalue weighted by Crippen LogP contribution is -2.29. The lowest BCUT2D eigenvalue weighted by molar-refractivity contribution is 0.426. The minimum atomic E-state index is -1.44. The summed E-state index contributed by atoms with van der Waals surface area (Å²) in [5.41, 5.74) is 1.44. The van der Waals surface area contributed by atoms with Crippen molar-refractivity contribution in [1.29, 1.82) is 0 Å². The van der Waals surface area contributed by atoms with Crippen LogP contribution in [0.2, 0.25) is 5.02 Å². The van der Waals surface area contributed by atoms with Gasteiger partial charge in [-0.3, -0.25) is 0 Å². The lowest BCUT2D eigenvalue weighted by Gasteiger charge is -2.03. The lowest BCUT2D eigenvalue weighted by atomic mass is 9.80. The Morgan fingerprint density at radius 2 is 2.08 bits per heavy atom. The topological polar surface area (TPSA) is 40.5 Å². The average Bonchev–Trinajstić information content (AvgIpc) is 2.04. The van der Waals surface area contributed by atoms with Crippen LogP contribution >= 0.6 is 11.6 Å². The molecule has 0 aliphatic carbocycles. The molecule has 64 valence electrons. The van der Waals surface area contributed by atoms with Gasteiger partial charge in [-0.25, -0.2) is 0 Å². The third-order valence-electron chi connectivity index (χ3n) is 1.76. The largest absolute Gasteiger partial charge is 0.488 e. The van der Waals surface area contributed by atoms with Crippen LogP contribution in [0, 0.1) is 0 Å². The molecule has 0 spiro atoms. The summed E-state index contributed by atoms with van der Waals surface area (Å²) in [4.78, 5) is 0. The number of hydrogen-bond donors (Lipinski definition) is 2. The van der Waals surface area contributed by atoms with E-state index in [1.165, 1.54) is 0 Å². The van der Waals surface area contributed by atoms with E-state index < -0.39 is 7.12 Å². The maximum atomic E-state index is 8.81. The first-order valence-corrected chi connectivity index (χ1v) is 4.17.